The number of halogens is 1. The van der Waals surface area contributed by atoms with Crippen LogP contribution in [0.2, 0.25) is 0 Å². The van der Waals surface area contributed by atoms with E-state index in [9.17, 15) is 4.79 Å². The van der Waals surface area contributed by atoms with Crippen molar-refractivity contribution in [1.29, 1.82) is 0 Å². The Labute approximate surface area is 214 Å². The summed E-state index contributed by atoms with van der Waals surface area (Å²) < 4.78 is 24.8. The first-order valence-electron chi connectivity index (χ1n) is 10.6. The molecule has 0 fully saturated rings. The van der Waals surface area contributed by atoms with Gasteiger partial charge in [0.15, 0.2) is 16.5 Å². The third-order valence-electron chi connectivity index (χ3n) is 5.79. The van der Waals surface area contributed by atoms with E-state index in [2.05, 4.69) is 21.2 Å². The third kappa shape index (κ3) is 3.73. The number of ether oxygens (including phenoxy) is 4. The molecule has 1 aliphatic rings. The molecule has 2 aromatic heterocycles. The molecule has 4 aromatic rings. The van der Waals surface area contributed by atoms with Crippen molar-refractivity contribution in [3.63, 3.8) is 0 Å². The molecule has 0 spiro atoms. The second kappa shape index (κ2) is 8.94. The van der Waals surface area contributed by atoms with Gasteiger partial charge in [-0.1, -0.05) is 0 Å². The maximum absolute atomic E-state index is 13.0. The zero-order valence-corrected chi connectivity index (χ0v) is 22.1. The molecule has 1 amide bonds. The predicted octanol–water partition coefficient (Wildman–Crippen LogP) is 5.66. The van der Waals surface area contributed by atoms with Gasteiger partial charge in [0.25, 0.3) is 5.91 Å². The zero-order chi connectivity index (χ0) is 24.9. The highest BCUT2D eigenvalue weighted by atomic mass is 79.9. The van der Waals surface area contributed by atoms with Gasteiger partial charge in [0, 0.05) is 27.9 Å². The molecule has 0 unspecified atom stereocenters. The van der Waals surface area contributed by atoms with Gasteiger partial charge < -0.3 is 24.3 Å². The molecule has 2 aromatic carbocycles. The van der Waals surface area contributed by atoms with Gasteiger partial charge in [0.05, 0.1) is 49.9 Å². The van der Waals surface area contributed by atoms with Gasteiger partial charge in [-0.25, -0.2) is 4.98 Å². The van der Waals surface area contributed by atoms with Gasteiger partial charge >= 0.3 is 0 Å². The van der Waals surface area contributed by atoms with Crippen molar-refractivity contribution >= 4 is 55.5 Å². The van der Waals surface area contributed by atoms with Crippen molar-refractivity contribution in [1.82, 2.24) is 9.38 Å². The first-order valence-corrected chi connectivity index (χ1v) is 12.2. The number of nitrogens with zero attached hydrogens (tertiary/aromatic N) is 2. The zero-order valence-electron chi connectivity index (χ0n) is 19.7. The fourth-order valence-corrected chi connectivity index (χ4v) is 5.65. The van der Waals surface area contributed by atoms with Gasteiger partial charge in [-0.05, 0) is 53.2 Å². The third-order valence-corrected chi connectivity index (χ3v) is 7.48. The van der Waals surface area contributed by atoms with Crippen LogP contribution in [-0.4, -0.2) is 43.7 Å². The molecule has 1 N–H and O–H groups in total. The number of aryl methyl sites for hydroxylation is 1. The largest absolute Gasteiger partial charge is 0.497 e. The topological polar surface area (TPSA) is 83.3 Å². The molecule has 0 saturated carbocycles. The summed E-state index contributed by atoms with van der Waals surface area (Å²) in [7, 11) is 6.29. The lowest BCUT2D eigenvalue weighted by Crippen LogP contribution is -2.04. The molecule has 8 nitrogen and oxygen atoms in total. The Morgan fingerprint density at radius 2 is 1.80 bits per heavy atom. The molecule has 180 valence electrons. The number of imidazole rings is 1. The number of thiazole rings is 1. The number of methoxy groups -OCH3 is 4. The van der Waals surface area contributed by atoms with Gasteiger partial charge in [-0.3, -0.25) is 9.20 Å². The molecule has 0 bridgehead atoms. The Kier molecular flexibility index (Phi) is 5.94. The van der Waals surface area contributed by atoms with Crippen LogP contribution in [0, 0.1) is 6.92 Å². The lowest BCUT2D eigenvalue weighted by molar-refractivity contribution is -0.110. The lowest BCUT2D eigenvalue weighted by Gasteiger charge is -2.16. The number of benzene rings is 2. The quantitative estimate of drug-likeness (QED) is 0.309. The number of amides is 1. The number of anilines is 1. The number of carbonyl (C=O) groups is 1. The van der Waals surface area contributed by atoms with Gasteiger partial charge in [-0.2, -0.15) is 0 Å². The SMILES string of the molecule is COc1ccc2c(c1)/C(=C/c1c(-c3cc(OC)c(OC)c(OC)c3Br)nc3sc(C)cn13)C(=O)N2. The van der Waals surface area contributed by atoms with Crippen LogP contribution in [0.1, 0.15) is 16.1 Å². The van der Waals surface area contributed by atoms with Crippen molar-refractivity contribution in [3.05, 3.63) is 51.1 Å². The fourth-order valence-electron chi connectivity index (χ4n) is 4.18. The minimum absolute atomic E-state index is 0.190. The summed E-state index contributed by atoms with van der Waals surface area (Å²) in [6, 6.07) is 7.35. The number of hydrogen-bond acceptors (Lipinski definition) is 7. The second-order valence-corrected chi connectivity index (χ2v) is 9.78. The van der Waals surface area contributed by atoms with Gasteiger partial charge in [0.2, 0.25) is 5.75 Å². The molecule has 0 radical (unpaired) electrons. The van der Waals surface area contributed by atoms with E-state index in [0.29, 0.717) is 38.7 Å². The van der Waals surface area contributed by atoms with Crippen molar-refractivity contribution in [2.24, 2.45) is 0 Å². The van der Waals surface area contributed by atoms with Crippen molar-refractivity contribution in [3.8, 4) is 34.3 Å². The molecule has 1 aliphatic heterocycles. The Bertz CT molecular complexity index is 1520. The summed E-state index contributed by atoms with van der Waals surface area (Å²) in [5.74, 6) is 1.94. The highest BCUT2D eigenvalue weighted by Crippen LogP contribution is 2.49. The highest BCUT2D eigenvalue weighted by molar-refractivity contribution is 9.10. The first kappa shape index (κ1) is 23.3. The van der Waals surface area contributed by atoms with Crippen LogP contribution in [0.4, 0.5) is 5.69 Å². The number of rotatable bonds is 6. The minimum atomic E-state index is -0.190. The van der Waals surface area contributed by atoms with E-state index >= 15 is 0 Å². The fraction of sp³-hybridized carbons (Fsp3) is 0.200. The molecule has 0 saturated heterocycles. The summed E-state index contributed by atoms with van der Waals surface area (Å²) in [6.07, 6.45) is 3.87. The monoisotopic (exact) mass is 555 g/mol. The standard InChI is InChI=1S/C25H22BrN3O5S/c1-12-11-29-18(9-15-14-8-13(31-2)6-7-17(14)27-24(15)30)21(28-25(29)35-12)16-10-19(32-3)22(33-4)23(34-5)20(16)26/h6-11H,1-5H3,(H,27,30)/b15-9-. The van der Waals surface area contributed by atoms with Crippen LogP contribution in [0.5, 0.6) is 23.0 Å². The van der Waals surface area contributed by atoms with E-state index in [1.807, 2.05) is 47.9 Å². The maximum atomic E-state index is 13.0. The maximum Gasteiger partial charge on any atom is 0.256 e. The molecular weight excluding hydrogens is 534 g/mol. The van der Waals surface area contributed by atoms with E-state index in [-0.39, 0.29) is 5.91 Å². The van der Waals surface area contributed by atoms with Crippen molar-refractivity contribution < 1.29 is 23.7 Å². The van der Waals surface area contributed by atoms with E-state index in [1.165, 1.54) is 0 Å². The smallest absolute Gasteiger partial charge is 0.256 e. The number of aromatic nitrogens is 2. The average molecular weight is 556 g/mol. The Hall–Kier alpha value is -3.50. The molecule has 35 heavy (non-hydrogen) atoms. The van der Waals surface area contributed by atoms with E-state index in [0.717, 1.165) is 32.3 Å². The molecule has 0 atom stereocenters. The van der Waals surface area contributed by atoms with Crippen molar-refractivity contribution in [2.45, 2.75) is 6.92 Å². The van der Waals surface area contributed by atoms with Crippen LogP contribution in [0.15, 0.2) is 34.9 Å². The Morgan fingerprint density at radius 3 is 2.49 bits per heavy atom. The minimum Gasteiger partial charge on any atom is -0.497 e. The second-order valence-electron chi connectivity index (χ2n) is 7.77. The molecule has 3 heterocycles. The molecule has 5 rings (SSSR count). The number of carbonyl (C=O) groups excluding carboxylic acids is 1. The summed E-state index contributed by atoms with van der Waals surface area (Å²) in [6.45, 7) is 2.02. The lowest BCUT2D eigenvalue weighted by atomic mass is 10.0. The molecule has 0 aliphatic carbocycles. The van der Waals surface area contributed by atoms with Crippen LogP contribution in [0.3, 0.4) is 0 Å². The summed E-state index contributed by atoms with van der Waals surface area (Å²) in [4.78, 5) is 19.8. The summed E-state index contributed by atoms with van der Waals surface area (Å²) in [5, 5.41) is 2.93. The van der Waals surface area contributed by atoms with E-state index < -0.39 is 0 Å². The number of fused-ring (bicyclic) bond motifs is 2. The molecule has 10 heteroatoms. The van der Waals surface area contributed by atoms with Crippen LogP contribution in [0.25, 0.3) is 27.9 Å². The van der Waals surface area contributed by atoms with Gasteiger partial charge in [0.1, 0.15) is 5.75 Å². The molecular formula is C25H22BrN3O5S. The Balaban J connectivity index is 1.79. The highest BCUT2D eigenvalue weighted by Gasteiger charge is 2.28. The van der Waals surface area contributed by atoms with Crippen LogP contribution < -0.4 is 24.3 Å². The normalized spacial score (nSPS) is 13.8. The predicted molar refractivity (Wildman–Crippen MR) is 140 cm³/mol. The van der Waals surface area contributed by atoms with E-state index in [4.69, 9.17) is 23.9 Å². The number of nitrogens with one attached hydrogen (secondary N) is 1. The van der Waals surface area contributed by atoms with Crippen molar-refractivity contribution in [2.75, 3.05) is 33.8 Å². The summed E-state index contributed by atoms with van der Waals surface area (Å²) >= 11 is 5.24. The number of hydrogen-bond donors (Lipinski definition) is 1. The first-order chi connectivity index (χ1) is 16.9. The average Bonchev–Trinajstić information content (AvgIpc) is 3.48. The van der Waals surface area contributed by atoms with E-state index in [1.54, 1.807) is 39.8 Å². The van der Waals surface area contributed by atoms with Crippen LogP contribution >= 0.6 is 27.3 Å². The van der Waals surface area contributed by atoms with Crippen LogP contribution in [-0.2, 0) is 4.79 Å². The Morgan fingerprint density at radius 1 is 1.03 bits per heavy atom. The van der Waals surface area contributed by atoms with Gasteiger partial charge in [-0.15, -0.1) is 11.3 Å². The summed E-state index contributed by atoms with van der Waals surface area (Å²) in [5.41, 5.74) is 4.18.